The molecule has 2 aromatic carbocycles. The molecule has 1 N–H and O–H groups in total. The number of benzene rings is 2. The van der Waals surface area contributed by atoms with E-state index >= 15 is 0 Å². The van der Waals surface area contributed by atoms with Gasteiger partial charge in [-0.1, -0.05) is 18.2 Å². The van der Waals surface area contributed by atoms with Gasteiger partial charge in [-0.3, -0.25) is 15.2 Å². The molecule has 1 amide bonds. The maximum absolute atomic E-state index is 12.4. The van der Waals surface area contributed by atoms with E-state index in [0.29, 0.717) is 0 Å². The molecule has 0 saturated heterocycles. The zero-order chi connectivity index (χ0) is 15.5. The van der Waals surface area contributed by atoms with Crippen molar-refractivity contribution in [2.45, 2.75) is 6.18 Å². The van der Waals surface area contributed by atoms with Gasteiger partial charge in [0.1, 0.15) is 0 Å². The number of rotatable bonds is 3. The van der Waals surface area contributed by atoms with Crippen LogP contribution in [-0.2, 0) is 6.18 Å². The molecule has 0 spiro atoms. The second kappa shape index (κ2) is 5.87. The summed E-state index contributed by atoms with van der Waals surface area (Å²) in [7, 11) is 1.65. The summed E-state index contributed by atoms with van der Waals surface area (Å²) in [6.45, 7) is 0. The summed E-state index contributed by atoms with van der Waals surface area (Å²) >= 11 is 0. The van der Waals surface area contributed by atoms with Crippen LogP contribution in [0.25, 0.3) is 0 Å². The van der Waals surface area contributed by atoms with E-state index in [1.165, 1.54) is 5.01 Å². The van der Waals surface area contributed by atoms with Gasteiger partial charge >= 0.3 is 6.18 Å². The van der Waals surface area contributed by atoms with Crippen molar-refractivity contribution in [3.8, 4) is 0 Å². The number of halogens is 3. The largest absolute Gasteiger partial charge is 0.416 e. The number of alkyl halides is 3. The number of hydrogen-bond donors (Lipinski definition) is 1. The third-order valence-corrected chi connectivity index (χ3v) is 2.89. The maximum Gasteiger partial charge on any atom is 0.416 e. The standard InChI is InChI=1S/C15H13F3N2O/c1-20(13-5-3-2-4-6-13)19-14(21)11-7-9-12(10-8-11)15(16,17)18/h2-10H,1H3,(H,19,21). The van der Waals surface area contributed by atoms with Gasteiger partial charge in [0.25, 0.3) is 5.91 Å². The first-order valence-corrected chi connectivity index (χ1v) is 6.15. The highest BCUT2D eigenvalue weighted by molar-refractivity contribution is 5.95. The number of nitrogens with zero attached hydrogens (tertiary/aromatic N) is 1. The molecule has 0 fully saturated rings. The lowest BCUT2D eigenvalue weighted by atomic mass is 10.1. The van der Waals surface area contributed by atoms with Gasteiger partial charge in [0.15, 0.2) is 0 Å². The monoisotopic (exact) mass is 294 g/mol. The summed E-state index contributed by atoms with van der Waals surface area (Å²) in [6, 6.07) is 13.1. The summed E-state index contributed by atoms with van der Waals surface area (Å²) in [5, 5.41) is 1.50. The van der Waals surface area contributed by atoms with Crippen LogP contribution in [0.15, 0.2) is 54.6 Å². The summed E-state index contributed by atoms with van der Waals surface area (Å²) in [4.78, 5) is 12.0. The van der Waals surface area contributed by atoms with E-state index in [1.807, 2.05) is 18.2 Å². The number of nitrogens with one attached hydrogen (secondary N) is 1. The summed E-state index contributed by atoms with van der Waals surface area (Å²) in [5.41, 5.74) is 2.72. The SMILES string of the molecule is CN(NC(=O)c1ccc(C(F)(F)F)cc1)c1ccccc1. The third-order valence-electron chi connectivity index (χ3n) is 2.89. The Kier molecular flexibility index (Phi) is 4.16. The van der Waals surface area contributed by atoms with Crippen LogP contribution in [0.5, 0.6) is 0 Å². The minimum absolute atomic E-state index is 0.158. The highest BCUT2D eigenvalue weighted by Crippen LogP contribution is 2.29. The quantitative estimate of drug-likeness (QED) is 0.879. The summed E-state index contributed by atoms with van der Waals surface area (Å²) in [6.07, 6.45) is -4.41. The average molecular weight is 294 g/mol. The number of anilines is 1. The molecular weight excluding hydrogens is 281 g/mol. The van der Waals surface area contributed by atoms with Crippen LogP contribution in [0.1, 0.15) is 15.9 Å². The number of carbonyl (C=O) groups is 1. The fourth-order valence-electron chi connectivity index (χ4n) is 1.74. The second-order valence-electron chi connectivity index (χ2n) is 4.41. The maximum atomic E-state index is 12.4. The van der Waals surface area contributed by atoms with Crippen molar-refractivity contribution in [1.82, 2.24) is 5.43 Å². The molecule has 6 heteroatoms. The number of amides is 1. The molecule has 0 aromatic heterocycles. The van der Waals surface area contributed by atoms with E-state index < -0.39 is 17.6 Å². The predicted molar refractivity (Wildman–Crippen MR) is 73.8 cm³/mol. The van der Waals surface area contributed by atoms with Crippen LogP contribution >= 0.6 is 0 Å². The van der Waals surface area contributed by atoms with Crippen molar-refractivity contribution < 1.29 is 18.0 Å². The lowest BCUT2D eigenvalue weighted by Gasteiger charge is -2.20. The van der Waals surface area contributed by atoms with Gasteiger partial charge in [0, 0.05) is 12.6 Å². The molecule has 21 heavy (non-hydrogen) atoms. The Morgan fingerprint density at radius 3 is 2.10 bits per heavy atom. The van der Waals surface area contributed by atoms with Crippen molar-refractivity contribution in [3.05, 3.63) is 65.7 Å². The average Bonchev–Trinajstić information content (AvgIpc) is 2.47. The Hall–Kier alpha value is -2.50. The van der Waals surface area contributed by atoms with Crippen LogP contribution in [0.4, 0.5) is 18.9 Å². The predicted octanol–water partition coefficient (Wildman–Crippen LogP) is 3.49. The Bertz CT molecular complexity index is 609. The highest BCUT2D eigenvalue weighted by Gasteiger charge is 2.30. The van der Waals surface area contributed by atoms with E-state index in [0.717, 1.165) is 30.0 Å². The lowest BCUT2D eigenvalue weighted by Crippen LogP contribution is -2.39. The molecule has 2 aromatic rings. The van der Waals surface area contributed by atoms with Crippen LogP contribution in [-0.4, -0.2) is 13.0 Å². The van der Waals surface area contributed by atoms with E-state index in [9.17, 15) is 18.0 Å². The Labute approximate surface area is 120 Å². The van der Waals surface area contributed by atoms with Crippen LogP contribution in [0, 0.1) is 0 Å². The van der Waals surface area contributed by atoms with Crippen molar-refractivity contribution in [3.63, 3.8) is 0 Å². The molecule has 0 aliphatic heterocycles. The lowest BCUT2D eigenvalue weighted by molar-refractivity contribution is -0.137. The Morgan fingerprint density at radius 2 is 1.57 bits per heavy atom. The van der Waals surface area contributed by atoms with Crippen LogP contribution in [0.2, 0.25) is 0 Å². The molecule has 0 bridgehead atoms. The zero-order valence-electron chi connectivity index (χ0n) is 11.2. The molecule has 2 rings (SSSR count). The number of hydrogen-bond acceptors (Lipinski definition) is 2. The van der Waals surface area contributed by atoms with Gasteiger partial charge in [-0.25, -0.2) is 0 Å². The number of carbonyl (C=O) groups excluding carboxylic acids is 1. The molecular formula is C15H13F3N2O. The van der Waals surface area contributed by atoms with Crippen LogP contribution in [0.3, 0.4) is 0 Å². The first-order valence-electron chi connectivity index (χ1n) is 6.15. The molecule has 0 aliphatic carbocycles. The normalized spacial score (nSPS) is 11.0. The molecule has 0 aliphatic rings. The molecule has 0 atom stereocenters. The first kappa shape index (κ1) is 14.9. The van der Waals surface area contributed by atoms with E-state index in [4.69, 9.17) is 0 Å². The summed E-state index contributed by atoms with van der Waals surface area (Å²) < 4.78 is 37.3. The zero-order valence-corrected chi connectivity index (χ0v) is 11.2. The van der Waals surface area contributed by atoms with Gasteiger partial charge in [0.2, 0.25) is 0 Å². The smallest absolute Gasteiger partial charge is 0.288 e. The second-order valence-corrected chi connectivity index (χ2v) is 4.41. The third kappa shape index (κ3) is 3.75. The van der Waals surface area contributed by atoms with Gasteiger partial charge in [0.05, 0.1) is 11.3 Å². The van der Waals surface area contributed by atoms with Gasteiger partial charge in [-0.2, -0.15) is 13.2 Å². The molecule has 110 valence electrons. The molecule has 0 radical (unpaired) electrons. The minimum Gasteiger partial charge on any atom is -0.288 e. The Balaban J connectivity index is 2.07. The fraction of sp³-hybridized carbons (Fsp3) is 0.133. The van der Waals surface area contributed by atoms with Gasteiger partial charge in [-0.15, -0.1) is 0 Å². The van der Waals surface area contributed by atoms with E-state index in [2.05, 4.69) is 5.43 Å². The van der Waals surface area contributed by atoms with Crippen molar-refractivity contribution >= 4 is 11.6 Å². The van der Waals surface area contributed by atoms with E-state index in [1.54, 1.807) is 19.2 Å². The summed E-state index contributed by atoms with van der Waals surface area (Å²) in [5.74, 6) is -0.477. The first-order chi connectivity index (χ1) is 9.88. The van der Waals surface area contributed by atoms with Gasteiger partial charge < -0.3 is 0 Å². The molecule has 0 heterocycles. The molecule has 0 unspecified atom stereocenters. The fourth-order valence-corrected chi connectivity index (χ4v) is 1.74. The highest BCUT2D eigenvalue weighted by atomic mass is 19.4. The van der Waals surface area contributed by atoms with Crippen molar-refractivity contribution in [2.24, 2.45) is 0 Å². The van der Waals surface area contributed by atoms with Crippen LogP contribution < -0.4 is 10.4 Å². The van der Waals surface area contributed by atoms with E-state index in [-0.39, 0.29) is 5.56 Å². The number of hydrazine groups is 1. The van der Waals surface area contributed by atoms with Crippen molar-refractivity contribution in [1.29, 1.82) is 0 Å². The van der Waals surface area contributed by atoms with Crippen molar-refractivity contribution in [2.75, 3.05) is 12.1 Å². The minimum atomic E-state index is -4.41. The molecule has 3 nitrogen and oxygen atoms in total. The van der Waals surface area contributed by atoms with Gasteiger partial charge in [-0.05, 0) is 36.4 Å². The number of para-hydroxylation sites is 1. The topological polar surface area (TPSA) is 32.3 Å². The Morgan fingerprint density at radius 1 is 1.00 bits per heavy atom. The molecule has 0 saturated carbocycles.